The molecule has 0 bridgehead atoms. The normalized spacial score (nSPS) is 11.0. The molecule has 18 heavy (non-hydrogen) atoms. The molecule has 0 amide bonds. The van der Waals surface area contributed by atoms with Crippen molar-refractivity contribution in [2.75, 3.05) is 0 Å². The van der Waals surface area contributed by atoms with Crippen LogP contribution in [0, 0.1) is 6.92 Å². The Kier molecular flexibility index (Phi) is 2.80. The van der Waals surface area contributed by atoms with Crippen molar-refractivity contribution in [1.29, 1.82) is 0 Å². The number of imidazole rings is 1. The van der Waals surface area contributed by atoms with Crippen molar-refractivity contribution in [1.82, 2.24) is 9.38 Å². The van der Waals surface area contributed by atoms with Crippen molar-refractivity contribution in [3.63, 3.8) is 0 Å². The minimum absolute atomic E-state index is 0.765. The van der Waals surface area contributed by atoms with Crippen molar-refractivity contribution in [2.24, 2.45) is 0 Å². The fourth-order valence-electron chi connectivity index (χ4n) is 2.13. The second-order valence-corrected chi connectivity index (χ2v) is 4.83. The molecule has 0 radical (unpaired) electrons. The quantitative estimate of drug-likeness (QED) is 0.680. The van der Waals surface area contributed by atoms with Crippen LogP contribution in [-0.4, -0.2) is 9.38 Å². The molecule has 0 saturated carbocycles. The summed E-state index contributed by atoms with van der Waals surface area (Å²) in [6.45, 7) is 2.07. The Morgan fingerprint density at radius 3 is 2.78 bits per heavy atom. The van der Waals surface area contributed by atoms with E-state index in [9.17, 15) is 0 Å². The van der Waals surface area contributed by atoms with Crippen LogP contribution in [0.3, 0.4) is 0 Å². The molecule has 3 rings (SSSR count). The lowest BCUT2D eigenvalue weighted by Crippen LogP contribution is -1.88. The first-order valence-electron chi connectivity index (χ1n) is 5.90. The highest BCUT2D eigenvalue weighted by Crippen LogP contribution is 2.19. The van der Waals surface area contributed by atoms with Crippen LogP contribution in [0.25, 0.3) is 5.65 Å². The molecule has 1 aromatic carbocycles. The Bertz CT molecular complexity index is 701. The van der Waals surface area contributed by atoms with Gasteiger partial charge in [0.1, 0.15) is 5.65 Å². The van der Waals surface area contributed by atoms with Crippen LogP contribution in [0.15, 0.2) is 48.8 Å². The molecule has 0 atom stereocenters. The molecule has 3 aromatic rings. The van der Waals surface area contributed by atoms with Gasteiger partial charge in [-0.25, -0.2) is 4.98 Å². The summed E-state index contributed by atoms with van der Waals surface area (Å²) >= 11 is 6.17. The van der Waals surface area contributed by atoms with E-state index in [4.69, 9.17) is 11.6 Å². The summed E-state index contributed by atoms with van der Waals surface area (Å²) in [5, 5.41) is 0.797. The van der Waals surface area contributed by atoms with Gasteiger partial charge in [0.05, 0.1) is 5.69 Å². The van der Waals surface area contributed by atoms with E-state index in [0.717, 1.165) is 28.3 Å². The fraction of sp³-hybridized carbons (Fsp3) is 0.133. The predicted octanol–water partition coefficient (Wildman–Crippen LogP) is 3.89. The summed E-state index contributed by atoms with van der Waals surface area (Å²) < 4.78 is 2.06. The van der Waals surface area contributed by atoms with Crippen LogP contribution in [0.5, 0.6) is 0 Å². The van der Waals surface area contributed by atoms with E-state index >= 15 is 0 Å². The van der Waals surface area contributed by atoms with Gasteiger partial charge in [-0.05, 0) is 30.2 Å². The van der Waals surface area contributed by atoms with Gasteiger partial charge in [-0.3, -0.25) is 0 Å². The number of benzene rings is 1. The molecule has 0 unspecified atom stereocenters. The Hall–Kier alpha value is -1.80. The molecule has 0 spiro atoms. The van der Waals surface area contributed by atoms with E-state index in [1.165, 1.54) is 5.56 Å². The lowest BCUT2D eigenvalue weighted by molar-refractivity contribution is 1.11. The van der Waals surface area contributed by atoms with Crippen LogP contribution in [0.4, 0.5) is 0 Å². The van der Waals surface area contributed by atoms with E-state index in [2.05, 4.69) is 28.6 Å². The number of nitrogens with zero attached hydrogens (tertiary/aromatic N) is 2. The maximum atomic E-state index is 6.17. The van der Waals surface area contributed by atoms with E-state index < -0.39 is 0 Å². The lowest BCUT2D eigenvalue weighted by atomic mass is 10.1. The molecule has 0 fully saturated rings. The van der Waals surface area contributed by atoms with Gasteiger partial charge in [0.2, 0.25) is 0 Å². The molecule has 0 aliphatic carbocycles. The number of fused-ring (bicyclic) bond motifs is 1. The number of halogens is 1. The molecular weight excluding hydrogens is 244 g/mol. The number of rotatable bonds is 2. The average Bonchev–Trinajstić information content (AvgIpc) is 2.76. The van der Waals surface area contributed by atoms with Crippen molar-refractivity contribution >= 4 is 17.2 Å². The van der Waals surface area contributed by atoms with Crippen LogP contribution in [0.2, 0.25) is 5.02 Å². The van der Waals surface area contributed by atoms with Crippen LogP contribution in [-0.2, 0) is 6.42 Å². The third-order valence-corrected chi connectivity index (χ3v) is 3.43. The van der Waals surface area contributed by atoms with Crippen molar-refractivity contribution in [3.05, 3.63) is 70.6 Å². The molecule has 3 heteroatoms. The highest BCUT2D eigenvalue weighted by Gasteiger charge is 2.06. The van der Waals surface area contributed by atoms with Crippen molar-refractivity contribution in [2.45, 2.75) is 13.3 Å². The SMILES string of the molecule is Cc1cccn2cc(Cc3ccccc3Cl)nc12. The lowest BCUT2D eigenvalue weighted by Gasteiger charge is -2.00. The predicted molar refractivity (Wildman–Crippen MR) is 74.2 cm³/mol. The van der Waals surface area contributed by atoms with Crippen LogP contribution in [0.1, 0.15) is 16.8 Å². The molecule has 2 nitrogen and oxygen atoms in total. The first-order chi connectivity index (χ1) is 8.74. The smallest absolute Gasteiger partial charge is 0.139 e. The molecular formula is C15H13ClN2. The Morgan fingerprint density at radius 2 is 2.00 bits per heavy atom. The number of hydrogen-bond acceptors (Lipinski definition) is 1. The van der Waals surface area contributed by atoms with Gasteiger partial charge in [0, 0.05) is 23.8 Å². The van der Waals surface area contributed by atoms with E-state index in [1.54, 1.807) is 0 Å². The summed E-state index contributed by atoms with van der Waals surface area (Å²) in [6, 6.07) is 12.0. The molecule has 0 N–H and O–H groups in total. The summed E-state index contributed by atoms with van der Waals surface area (Å²) in [5.74, 6) is 0. The number of pyridine rings is 1. The minimum Gasteiger partial charge on any atom is -0.307 e. The van der Waals surface area contributed by atoms with Gasteiger partial charge in [0.15, 0.2) is 0 Å². The highest BCUT2D eigenvalue weighted by molar-refractivity contribution is 6.31. The third kappa shape index (κ3) is 2.00. The molecule has 0 aliphatic rings. The summed E-state index contributed by atoms with van der Waals surface area (Å²) in [5.41, 5.74) is 4.35. The summed E-state index contributed by atoms with van der Waals surface area (Å²) in [6.07, 6.45) is 4.85. The summed E-state index contributed by atoms with van der Waals surface area (Å²) in [4.78, 5) is 4.65. The first kappa shape index (κ1) is 11.3. The highest BCUT2D eigenvalue weighted by atomic mass is 35.5. The van der Waals surface area contributed by atoms with Gasteiger partial charge in [-0.2, -0.15) is 0 Å². The van der Waals surface area contributed by atoms with Crippen molar-refractivity contribution < 1.29 is 0 Å². The molecule has 2 heterocycles. The van der Waals surface area contributed by atoms with E-state index in [0.29, 0.717) is 0 Å². The number of aromatic nitrogens is 2. The zero-order valence-electron chi connectivity index (χ0n) is 10.1. The average molecular weight is 257 g/mol. The zero-order valence-corrected chi connectivity index (χ0v) is 10.9. The molecule has 2 aromatic heterocycles. The van der Waals surface area contributed by atoms with Gasteiger partial charge in [-0.1, -0.05) is 35.9 Å². The standard InChI is InChI=1S/C15H13ClN2/c1-11-5-4-8-18-10-13(17-15(11)18)9-12-6-2-3-7-14(12)16/h2-8,10H,9H2,1H3. The van der Waals surface area contributed by atoms with E-state index in [1.807, 2.05) is 36.5 Å². The van der Waals surface area contributed by atoms with Gasteiger partial charge in [0.25, 0.3) is 0 Å². The number of aryl methyl sites for hydroxylation is 1. The Labute approximate surface area is 111 Å². The zero-order chi connectivity index (χ0) is 12.5. The molecule has 0 aliphatic heterocycles. The fourth-order valence-corrected chi connectivity index (χ4v) is 2.33. The van der Waals surface area contributed by atoms with Gasteiger partial charge >= 0.3 is 0 Å². The van der Waals surface area contributed by atoms with Crippen LogP contribution < -0.4 is 0 Å². The molecule has 90 valence electrons. The third-order valence-electron chi connectivity index (χ3n) is 3.06. The largest absolute Gasteiger partial charge is 0.307 e. The molecule has 0 saturated heterocycles. The van der Waals surface area contributed by atoms with Crippen LogP contribution >= 0.6 is 11.6 Å². The van der Waals surface area contributed by atoms with E-state index in [-0.39, 0.29) is 0 Å². The topological polar surface area (TPSA) is 17.3 Å². The Balaban J connectivity index is 2.01. The Morgan fingerprint density at radius 1 is 1.17 bits per heavy atom. The monoisotopic (exact) mass is 256 g/mol. The minimum atomic E-state index is 0.765. The maximum absolute atomic E-state index is 6.17. The maximum Gasteiger partial charge on any atom is 0.139 e. The second-order valence-electron chi connectivity index (χ2n) is 4.42. The second kappa shape index (κ2) is 4.46. The summed E-state index contributed by atoms with van der Waals surface area (Å²) in [7, 11) is 0. The van der Waals surface area contributed by atoms with Crippen molar-refractivity contribution in [3.8, 4) is 0 Å². The van der Waals surface area contributed by atoms with Gasteiger partial charge in [-0.15, -0.1) is 0 Å². The number of hydrogen-bond donors (Lipinski definition) is 0. The van der Waals surface area contributed by atoms with Gasteiger partial charge < -0.3 is 4.40 Å². The first-order valence-corrected chi connectivity index (χ1v) is 6.28.